The van der Waals surface area contributed by atoms with E-state index in [1.165, 1.54) is 19.1 Å². The highest BCUT2D eigenvalue weighted by atomic mass is 16.4. The maximum absolute atomic E-state index is 11.4. The second-order valence-electron chi connectivity index (χ2n) is 6.01. The van der Waals surface area contributed by atoms with Gasteiger partial charge in [-0.25, -0.2) is 4.79 Å². The number of hydrogen-bond donors (Lipinski definition) is 2. The lowest BCUT2D eigenvalue weighted by Gasteiger charge is -2.24. The second-order valence-corrected chi connectivity index (χ2v) is 6.01. The molecule has 1 aliphatic rings. The van der Waals surface area contributed by atoms with E-state index in [0.29, 0.717) is 5.69 Å². The molecule has 1 atom stereocenters. The molecule has 0 spiro atoms. The van der Waals surface area contributed by atoms with Gasteiger partial charge in [0.15, 0.2) is 0 Å². The van der Waals surface area contributed by atoms with Crippen LogP contribution in [0.15, 0.2) is 57.9 Å². The molecule has 1 aliphatic carbocycles. The molecular weight excluding hydrogens is 310 g/mol. The zero-order valence-corrected chi connectivity index (χ0v) is 13.7. The van der Waals surface area contributed by atoms with Gasteiger partial charge in [-0.1, -0.05) is 6.08 Å². The highest BCUT2D eigenvalue weighted by Gasteiger charge is 2.36. The van der Waals surface area contributed by atoms with Crippen LogP contribution in [0, 0.1) is 5.41 Å². The minimum absolute atomic E-state index is 0.0592. The molecular formula is C17H19N3O4. The highest BCUT2D eigenvalue weighted by Crippen LogP contribution is 2.35. The molecule has 1 unspecified atom stereocenters. The average Bonchev–Trinajstić information content (AvgIpc) is 2.53. The summed E-state index contributed by atoms with van der Waals surface area (Å²) in [7, 11) is 3.85. The molecule has 0 amide bonds. The Morgan fingerprint density at radius 1 is 1.12 bits per heavy atom. The normalized spacial score (nSPS) is 20.5. The second kappa shape index (κ2) is 6.66. The maximum atomic E-state index is 11.4. The molecule has 126 valence electrons. The number of benzene rings is 1. The fourth-order valence-corrected chi connectivity index (χ4v) is 2.23. The molecule has 0 saturated carbocycles. The third-order valence-electron chi connectivity index (χ3n) is 3.85. The van der Waals surface area contributed by atoms with Gasteiger partial charge in [-0.3, -0.25) is 4.79 Å². The van der Waals surface area contributed by atoms with E-state index < -0.39 is 17.4 Å². The Morgan fingerprint density at radius 2 is 1.75 bits per heavy atom. The van der Waals surface area contributed by atoms with Crippen molar-refractivity contribution in [3.63, 3.8) is 0 Å². The fourth-order valence-electron chi connectivity index (χ4n) is 2.23. The highest BCUT2D eigenvalue weighted by molar-refractivity contribution is 5.91. The van der Waals surface area contributed by atoms with Crippen molar-refractivity contribution in [2.24, 2.45) is 15.6 Å². The lowest BCUT2D eigenvalue weighted by Crippen LogP contribution is -2.29. The van der Waals surface area contributed by atoms with Crippen LogP contribution in [-0.2, 0) is 9.59 Å². The fraction of sp³-hybridized carbons (Fsp3) is 0.294. The van der Waals surface area contributed by atoms with Crippen molar-refractivity contribution in [2.45, 2.75) is 13.3 Å². The molecule has 1 aromatic rings. The first-order valence-electron chi connectivity index (χ1n) is 7.31. The van der Waals surface area contributed by atoms with E-state index in [-0.39, 0.29) is 17.7 Å². The minimum atomic E-state index is -1.25. The number of allylic oxidation sites excluding steroid dienone is 1. The Bertz CT molecular complexity index is 748. The molecule has 0 radical (unpaired) electrons. The number of nitrogens with zero attached hydrogens (tertiary/aromatic N) is 3. The predicted octanol–water partition coefficient (Wildman–Crippen LogP) is 3.23. The lowest BCUT2D eigenvalue weighted by molar-refractivity contribution is -0.145. The van der Waals surface area contributed by atoms with Gasteiger partial charge in [0.1, 0.15) is 0 Å². The summed E-state index contributed by atoms with van der Waals surface area (Å²) < 4.78 is 0. The Labute approximate surface area is 139 Å². The van der Waals surface area contributed by atoms with Crippen molar-refractivity contribution >= 4 is 23.3 Å². The van der Waals surface area contributed by atoms with E-state index in [1.807, 2.05) is 31.1 Å². The quantitative estimate of drug-likeness (QED) is 0.807. The van der Waals surface area contributed by atoms with Gasteiger partial charge < -0.3 is 15.1 Å². The van der Waals surface area contributed by atoms with Crippen LogP contribution >= 0.6 is 0 Å². The van der Waals surface area contributed by atoms with E-state index in [1.54, 1.807) is 12.1 Å². The number of carbonyl (C=O) groups is 2. The zero-order chi connectivity index (χ0) is 17.9. The first-order valence-corrected chi connectivity index (χ1v) is 7.31. The number of aliphatic carboxylic acids is 2. The van der Waals surface area contributed by atoms with Gasteiger partial charge in [0.05, 0.1) is 22.4 Å². The smallest absolute Gasteiger partial charge is 0.333 e. The van der Waals surface area contributed by atoms with Gasteiger partial charge in [-0.2, -0.15) is 10.2 Å². The summed E-state index contributed by atoms with van der Waals surface area (Å²) in [5.41, 5.74) is 0.445. The van der Waals surface area contributed by atoms with E-state index in [0.717, 1.165) is 5.69 Å². The standard InChI is InChI=1S/C17H19N3O4/c1-17(16(23)24)9-8-14(13(10-17)15(21)22)19-18-11-4-6-12(7-5-11)20(2)3/h4-9H,10H2,1-3H3,(H,21,22)(H,23,24). The summed E-state index contributed by atoms with van der Waals surface area (Å²) in [4.78, 5) is 24.7. The van der Waals surface area contributed by atoms with Crippen molar-refractivity contribution in [3.05, 3.63) is 47.7 Å². The molecule has 2 N–H and O–H groups in total. The molecule has 0 fully saturated rings. The molecule has 0 aliphatic heterocycles. The van der Waals surface area contributed by atoms with Crippen molar-refractivity contribution < 1.29 is 19.8 Å². The van der Waals surface area contributed by atoms with Gasteiger partial charge in [0.25, 0.3) is 0 Å². The van der Waals surface area contributed by atoms with Gasteiger partial charge >= 0.3 is 11.9 Å². The molecule has 7 nitrogen and oxygen atoms in total. The summed E-state index contributed by atoms with van der Waals surface area (Å²) >= 11 is 0. The lowest BCUT2D eigenvalue weighted by atomic mass is 9.79. The molecule has 0 aromatic heterocycles. The molecule has 7 heteroatoms. The molecule has 0 bridgehead atoms. The van der Waals surface area contributed by atoms with Crippen molar-refractivity contribution in [1.82, 2.24) is 0 Å². The van der Waals surface area contributed by atoms with Crippen LogP contribution in [-0.4, -0.2) is 36.2 Å². The van der Waals surface area contributed by atoms with Crippen LogP contribution in [0.5, 0.6) is 0 Å². The SMILES string of the molecule is CN(C)c1ccc(N=NC2=C(C(=O)O)CC(C)(C(=O)O)C=C2)cc1. The number of azo groups is 1. The summed E-state index contributed by atoms with van der Waals surface area (Å²) in [6, 6.07) is 7.29. The monoisotopic (exact) mass is 329 g/mol. The summed E-state index contributed by atoms with van der Waals surface area (Å²) in [5, 5.41) is 26.6. The Kier molecular flexibility index (Phi) is 4.82. The summed E-state index contributed by atoms with van der Waals surface area (Å²) in [6.45, 7) is 1.47. The van der Waals surface area contributed by atoms with E-state index >= 15 is 0 Å². The number of carboxylic acid groups (broad SMARTS) is 2. The zero-order valence-electron chi connectivity index (χ0n) is 13.7. The minimum Gasteiger partial charge on any atom is -0.481 e. The van der Waals surface area contributed by atoms with Crippen LogP contribution in [0.3, 0.4) is 0 Å². The maximum Gasteiger partial charge on any atom is 0.333 e. The topological polar surface area (TPSA) is 103 Å². The van der Waals surface area contributed by atoms with Gasteiger partial charge in [0, 0.05) is 26.2 Å². The molecule has 0 saturated heterocycles. The van der Waals surface area contributed by atoms with Gasteiger partial charge in [-0.15, -0.1) is 0 Å². The van der Waals surface area contributed by atoms with Crippen LogP contribution in [0.1, 0.15) is 13.3 Å². The van der Waals surface area contributed by atoms with E-state index in [4.69, 9.17) is 0 Å². The molecule has 24 heavy (non-hydrogen) atoms. The summed E-state index contributed by atoms with van der Waals surface area (Å²) in [5.74, 6) is -2.27. The Balaban J connectivity index is 2.28. The van der Waals surface area contributed by atoms with Crippen molar-refractivity contribution in [2.75, 3.05) is 19.0 Å². The molecule has 2 rings (SSSR count). The van der Waals surface area contributed by atoms with Crippen LogP contribution < -0.4 is 4.90 Å². The first-order chi connectivity index (χ1) is 11.2. The molecule has 0 heterocycles. The van der Waals surface area contributed by atoms with Gasteiger partial charge in [-0.05, 0) is 37.3 Å². The van der Waals surface area contributed by atoms with E-state index in [2.05, 4.69) is 10.2 Å². The van der Waals surface area contributed by atoms with Gasteiger partial charge in [0.2, 0.25) is 0 Å². The number of hydrogen-bond acceptors (Lipinski definition) is 5. The number of anilines is 1. The Morgan fingerprint density at radius 3 is 2.25 bits per heavy atom. The number of carboxylic acids is 2. The predicted molar refractivity (Wildman–Crippen MR) is 89.4 cm³/mol. The Hall–Kier alpha value is -2.96. The largest absolute Gasteiger partial charge is 0.481 e. The van der Waals surface area contributed by atoms with Crippen molar-refractivity contribution in [3.8, 4) is 0 Å². The van der Waals surface area contributed by atoms with E-state index in [9.17, 15) is 19.8 Å². The van der Waals surface area contributed by atoms with Crippen LogP contribution in [0.25, 0.3) is 0 Å². The van der Waals surface area contributed by atoms with Crippen LogP contribution in [0.2, 0.25) is 0 Å². The van der Waals surface area contributed by atoms with Crippen molar-refractivity contribution in [1.29, 1.82) is 0 Å². The third-order valence-corrected chi connectivity index (χ3v) is 3.85. The molecule has 1 aromatic carbocycles. The third kappa shape index (κ3) is 3.68. The average molecular weight is 329 g/mol. The van der Waals surface area contributed by atoms with Crippen LogP contribution in [0.4, 0.5) is 11.4 Å². The first kappa shape index (κ1) is 17.4. The summed E-state index contributed by atoms with van der Waals surface area (Å²) in [6.07, 6.45) is 2.71. The number of rotatable bonds is 5.